The molecular weight excluding hydrogens is 194 g/mol. The van der Waals surface area contributed by atoms with Gasteiger partial charge in [0.25, 0.3) is 0 Å². The first-order valence-electron chi connectivity index (χ1n) is 6.33. The zero-order valence-electron chi connectivity index (χ0n) is 10.9. The van der Waals surface area contributed by atoms with Crippen molar-refractivity contribution < 1.29 is 0 Å². The van der Waals surface area contributed by atoms with Gasteiger partial charge in [0.1, 0.15) is 0 Å². The normalized spacial score (nSPS) is 25.0. The van der Waals surface area contributed by atoms with Crippen molar-refractivity contribution in [3.63, 3.8) is 0 Å². The minimum atomic E-state index is 0.221. The van der Waals surface area contributed by atoms with Gasteiger partial charge in [-0.15, -0.1) is 0 Å². The van der Waals surface area contributed by atoms with Crippen LogP contribution in [0.4, 0.5) is 5.69 Å². The molecule has 0 spiro atoms. The highest BCUT2D eigenvalue weighted by Crippen LogP contribution is 2.34. The van der Waals surface area contributed by atoms with Gasteiger partial charge in [0.2, 0.25) is 0 Å². The molecule has 1 aromatic carbocycles. The maximum atomic E-state index is 3.68. The summed E-state index contributed by atoms with van der Waals surface area (Å²) in [4.78, 5) is 0. The van der Waals surface area contributed by atoms with E-state index < -0.39 is 0 Å². The lowest BCUT2D eigenvalue weighted by atomic mass is 9.80. The molecule has 1 aliphatic carbocycles. The summed E-state index contributed by atoms with van der Waals surface area (Å²) in [7, 11) is 0. The molecule has 16 heavy (non-hydrogen) atoms. The van der Waals surface area contributed by atoms with Crippen LogP contribution in [0.2, 0.25) is 0 Å². The van der Waals surface area contributed by atoms with Crippen molar-refractivity contribution in [1.29, 1.82) is 0 Å². The second-order valence-electron chi connectivity index (χ2n) is 6.21. The van der Waals surface area contributed by atoms with Crippen molar-refractivity contribution in [2.24, 2.45) is 5.92 Å². The minimum absolute atomic E-state index is 0.221. The molecule has 0 radical (unpaired) electrons. The largest absolute Gasteiger partial charge is 0.382 e. The lowest BCUT2D eigenvalue weighted by Crippen LogP contribution is -2.34. The van der Waals surface area contributed by atoms with Crippen molar-refractivity contribution in [3.05, 3.63) is 29.8 Å². The van der Waals surface area contributed by atoms with Crippen LogP contribution in [0.5, 0.6) is 0 Å². The molecule has 88 valence electrons. The first-order chi connectivity index (χ1) is 7.47. The van der Waals surface area contributed by atoms with Gasteiger partial charge in [-0.05, 0) is 35.8 Å². The SMILES string of the molecule is CC1CC(Nc2ccccc2C(C)(C)C)C1. The summed E-state index contributed by atoms with van der Waals surface area (Å²) in [5.41, 5.74) is 2.97. The second kappa shape index (κ2) is 4.12. The molecule has 1 fully saturated rings. The predicted molar refractivity (Wildman–Crippen MR) is 71.0 cm³/mol. The van der Waals surface area contributed by atoms with Crippen molar-refractivity contribution >= 4 is 5.69 Å². The average Bonchev–Trinajstić information content (AvgIpc) is 2.14. The average molecular weight is 217 g/mol. The lowest BCUT2D eigenvalue weighted by Gasteiger charge is -2.36. The number of anilines is 1. The van der Waals surface area contributed by atoms with Crippen LogP contribution in [-0.2, 0) is 5.41 Å². The van der Waals surface area contributed by atoms with E-state index in [-0.39, 0.29) is 5.41 Å². The fourth-order valence-corrected chi connectivity index (χ4v) is 2.50. The topological polar surface area (TPSA) is 12.0 Å². The summed E-state index contributed by atoms with van der Waals surface area (Å²) >= 11 is 0. The zero-order chi connectivity index (χ0) is 11.8. The molecular formula is C15H23N. The molecule has 0 aromatic heterocycles. The first-order valence-corrected chi connectivity index (χ1v) is 6.33. The zero-order valence-corrected chi connectivity index (χ0v) is 10.9. The first kappa shape index (κ1) is 11.5. The van der Waals surface area contributed by atoms with Gasteiger partial charge in [0, 0.05) is 11.7 Å². The summed E-state index contributed by atoms with van der Waals surface area (Å²) < 4.78 is 0. The molecule has 1 nitrogen and oxygen atoms in total. The van der Waals surface area contributed by atoms with Gasteiger partial charge >= 0.3 is 0 Å². The second-order valence-corrected chi connectivity index (χ2v) is 6.21. The molecule has 0 aliphatic heterocycles. The lowest BCUT2D eigenvalue weighted by molar-refractivity contribution is 0.309. The highest BCUT2D eigenvalue weighted by molar-refractivity contribution is 5.55. The third kappa shape index (κ3) is 2.40. The number of benzene rings is 1. The maximum Gasteiger partial charge on any atom is 0.0380 e. The molecule has 1 saturated carbocycles. The van der Waals surface area contributed by atoms with E-state index in [1.165, 1.54) is 24.1 Å². The standard InChI is InChI=1S/C15H23N/c1-11-9-12(10-11)16-14-8-6-5-7-13(14)15(2,3)4/h5-8,11-12,16H,9-10H2,1-4H3. The van der Waals surface area contributed by atoms with Crippen LogP contribution in [0.25, 0.3) is 0 Å². The molecule has 0 atom stereocenters. The molecule has 1 heteroatoms. The monoisotopic (exact) mass is 217 g/mol. The van der Waals surface area contributed by atoms with E-state index in [9.17, 15) is 0 Å². The Bertz CT molecular complexity index is 356. The van der Waals surface area contributed by atoms with Gasteiger partial charge < -0.3 is 5.32 Å². The molecule has 1 aliphatic rings. The summed E-state index contributed by atoms with van der Waals surface area (Å²) in [5.74, 6) is 0.902. The molecule has 0 saturated heterocycles. The number of nitrogens with one attached hydrogen (secondary N) is 1. The van der Waals surface area contributed by atoms with Gasteiger partial charge in [-0.3, -0.25) is 0 Å². The Morgan fingerprint density at radius 1 is 1.12 bits per heavy atom. The fraction of sp³-hybridized carbons (Fsp3) is 0.600. The van der Waals surface area contributed by atoms with Gasteiger partial charge in [0.15, 0.2) is 0 Å². The Morgan fingerprint density at radius 3 is 2.31 bits per heavy atom. The highest BCUT2D eigenvalue weighted by Gasteiger charge is 2.26. The van der Waals surface area contributed by atoms with Gasteiger partial charge in [0.05, 0.1) is 0 Å². The van der Waals surface area contributed by atoms with Gasteiger partial charge in [-0.2, -0.15) is 0 Å². The number of hydrogen-bond donors (Lipinski definition) is 1. The fourth-order valence-electron chi connectivity index (χ4n) is 2.50. The summed E-state index contributed by atoms with van der Waals surface area (Å²) in [6.07, 6.45) is 2.64. The Kier molecular flexibility index (Phi) is 2.96. The summed E-state index contributed by atoms with van der Waals surface area (Å²) in [6.45, 7) is 9.15. The van der Waals surface area contributed by atoms with Crippen molar-refractivity contribution in [2.45, 2.75) is 52.0 Å². The number of hydrogen-bond acceptors (Lipinski definition) is 1. The maximum absolute atomic E-state index is 3.68. The van der Waals surface area contributed by atoms with Crippen molar-refractivity contribution in [3.8, 4) is 0 Å². The molecule has 1 aromatic rings. The molecule has 0 amide bonds. The molecule has 2 rings (SSSR count). The Hall–Kier alpha value is -0.980. The van der Waals surface area contributed by atoms with E-state index in [0.717, 1.165) is 5.92 Å². The van der Waals surface area contributed by atoms with Crippen LogP contribution in [-0.4, -0.2) is 6.04 Å². The van der Waals surface area contributed by atoms with E-state index in [2.05, 4.69) is 57.3 Å². The summed E-state index contributed by atoms with van der Waals surface area (Å²) in [6, 6.07) is 9.40. The number of rotatable bonds is 2. The Balaban J connectivity index is 2.14. The molecule has 0 unspecified atom stereocenters. The van der Waals surface area contributed by atoms with Crippen molar-refractivity contribution in [1.82, 2.24) is 0 Å². The summed E-state index contributed by atoms with van der Waals surface area (Å²) in [5, 5.41) is 3.68. The van der Waals surface area contributed by atoms with E-state index in [1.807, 2.05) is 0 Å². The van der Waals surface area contributed by atoms with E-state index >= 15 is 0 Å². The minimum Gasteiger partial charge on any atom is -0.382 e. The van der Waals surface area contributed by atoms with Crippen LogP contribution in [0.3, 0.4) is 0 Å². The quantitative estimate of drug-likeness (QED) is 0.783. The third-order valence-electron chi connectivity index (χ3n) is 3.47. The third-order valence-corrected chi connectivity index (χ3v) is 3.47. The smallest absolute Gasteiger partial charge is 0.0380 e. The molecule has 0 heterocycles. The number of para-hydroxylation sites is 1. The van der Waals surface area contributed by atoms with Crippen LogP contribution in [0, 0.1) is 5.92 Å². The van der Waals surface area contributed by atoms with E-state index in [0.29, 0.717) is 6.04 Å². The van der Waals surface area contributed by atoms with E-state index in [4.69, 9.17) is 0 Å². The van der Waals surface area contributed by atoms with Gasteiger partial charge in [-0.1, -0.05) is 45.9 Å². The Morgan fingerprint density at radius 2 is 1.75 bits per heavy atom. The van der Waals surface area contributed by atoms with Crippen molar-refractivity contribution in [2.75, 3.05) is 5.32 Å². The predicted octanol–water partition coefficient (Wildman–Crippen LogP) is 4.19. The molecule has 0 bridgehead atoms. The van der Waals surface area contributed by atoms with Crippen LogP contribution in [0.15, 0.2) is 24.3 Å². The van der Waals surface area contributed by atoms with Gasteiger partial charge in [-0.25, -0.2) is 0 Å². The van der Waals surface area contributed by atoms with Crippen LogP contribution < -0.4 is 5.32 Å². The Labute approximate surface area is 99.3 Å². The van der Waals surface area contributed by atoms with Crippen LogP contribution in [0.1, 0.15) is 46.1 Å². The molecule has 1 N–H and O–H groups in total. The van der Waals surface area contributed by atoms with Crippen LogP contribution >= 0.6 is 0 Å². The van der Waals surface area contributed by atoms with E-state index in [1.54, 1.807) is 0 Å². The highest BCUT2D eigenvalue weighted by atomic mass is 14.9.